The zero-order valence-electron chi connectivity index (χ0n) is 10.6. The quantitative estimate of drug-likeness (QED) is 0.650. The van der Waals surface area contributed by atoms with Crippen molar-refractivity contribution >= 4 is 22.8 Å². The first-order valence-corrected chi connectivity index (χ1v) is 5.93. The predicted octanol–water partition coefficient (Wildman–Crippen LogP) is 3.24. The van der Waals surface area contributed by atoms with E-state index in [0.717, 1.165) is 10.9 Å². The van der Waals surface area contributed by atoms with Gasteiger partial charge in [0.15, 0.2) is 5.82 Å². The third-order valence-corrected chi connectivity index (χ3v) is 2.50. The van der Waals surface area contributed by atoms with Gasteiger partial charge >= 0.3 is 0 Å². The van der Waals surface area contributed by atoms with Crippen molar-refractivity contribution in [1.29, 1.82) is 0 Å². The van der Waals surface area contributed by atoms with Crippen molar-refractivity contribution in [3.63, 3.8) is 0 Å². The molecule has 0 radical (unpaired) electrons. The number of fused-ring (bicyclic) bond motifs is 1. The summed E-state index contributed by atoms with van der Waals surface area (Å²) in [6.45, 7) is 1.90. The van der Waals surface area contributed by atoms with Crippen molar-refractivity contribution < 1.29 is 5.11 Å². The van der Waals surface area contributed by atoms with Crippen LogP contribution >= 0.6 is 0 Å². The highest BCUT2D eigenvalue weighted by Gasteiger charge is 2.02. The fourth-order valence-corrected chi connectivity index (χ4v) is 1.63. The average molecular weight is 253 g/mol. The van der Waals surface area contributed by atoms with Gasteiger partial charge in [-0.25, -0.2) is 9.97 Å². The van der Waals surface area contributed by atoms with Gasteiger partial charge < -0.3 is 10.8 Å². The van der Waals surface area contributed by atoms with Crippen LogP contribution in [0.4, 0.5) is 5.82 Å². The molecule has 0 saturated carbocycles. The van der Waals surface area contributed by atoms with Gasteiger partial charge in [-0.15, -0.1) is 0 Å². The Balaban J connectivity index is 2.38. The van der Waals surface area contributed by atoms with E-state index in [9.17, 15) is 5.11 Å². The second-order valence-electron chi connectivity index (χ2n) is 3.94. The molecule has 0 saturated heterocycles. The Morgan fingerprint density at radius 3 is 2.79 bits per heavy atom. The molecule has 2 rings (SSSR count). The fourth-order valence-electron chi connectivity index (χ4n) is 1.63. The van der Waals surface area contributed by atoms with Crippen molar-refractivity contribution in [3.05, 3.63) is 60.2 Å². The molecular formula is C15H15N3O. The number of benzene rings is 1. The molecule has 3 N–H and O–H groups in total. The number of hydrogen-bond acceptors (Lipinski definition) is 4. The first-order chi connectivity index (χ1) is 9.20. The number of nitrogens with two attached hydrogens (primary N) is 1. The third-order valence-electron chi connectivity index (χ3n) is 2.50. The molecule has 0 aliphatic carbocycles. The summed E-state index contributed by atoms with van der Waals surface area (Å²) in [5.74, 6) is 0.869. The van der Waals surface area contributed by atoms with Gasteiger partial charge in [-0.05, 0) is 25.1 Å². The number of para-hydroxylation sites is 1. The molecule has 0 fully saturated rings. The lowest BCUT2D eigenvalue weighted by atomic mass is 10.2. The molecule has 4 nitrogen and oxygen atoms in total. The van der Waals surface area contributed by atoms with Gasteiger partial charge in [0.05, 0.1) is 5.52 Å². The number of nitrogens with zero attached hydrogens (tertiary/aromatic N) is 2. The lowest BCUT2D eigenvalue weighted by Gasteiger charge is -2.02. The molecule has 0 aliphatic heterocycles. The van der Waals surface area contributed by atoms with Crippen LogP contribution in [0.15, 0.2) is 54.3 Å². The molecule has 2 aromatic rings. The number of aromatic nitrogens is 2. The monoisotopic (exact) mass is 253 g/mol. The van der Waals surface area contributed by atoms with Crippen LogP contribution in [0.1, 0.15) is 12.7 Å². The third kappa shape index (κ3) is 3.19. The SMILES string of the molecule is C\C=C/C=C\C(O)=C\c1nc(N)c2ccccc2n1. The Bertz CT molecular complexity index is 672. The zero-order valence-corrected chi connectivity index (χ0v) is 10.6. The van der Waals surface area contributed by atoms with Crippen LogP contribution < -0.4 is 5.73 Å². The summed E-state index contributed by atoms with van der Waals surface area (Å²) < 4.78 is 0. The topological polar surface area (TPSA) is 72.0 Å². The number of nitrogen functional groups attached to an aromatic ring is 1. The minimum absolute atomic E-state index is 0.0766. The second kappa shape index (κ2) is 5.82. The number of allylic oxidation sites excluding steroid dienone is 4. The van der Waals surface area contributed by atoms with Crippen molar-refractivity contribution in [2.45, 2.75) is 6.92 Å². The van der Waals surface area contributed by atoms with Crippen LogP contribution in [-0.4, -0.2) is 15.1 Å². The first kappa shape index (κ1) is 12.8. The van der Waals surface area contributed by atoms with E-state index in [1.54, 1.807) is 12.2 Å². The highest BCUT2D eigenvalue weighted by atomic mass is 16.3. The molecular weight excluding hydrogens is 238 g/mol. The van der Waals surface area contributed by atoms with Crippen LogP contribution in [0, 0.1) is 0 Å². The zero-order chi connectivity index (χ0) is 13.7. The highest BCUT2D eigenvalue weighted by Crippen LogP contribution is 2.17. The minimum atomic E-state index is 0.0766. The maximum atomic E-state index is 9.71. The highest BCUT2D eigenvalue weighted by molar-refractivity contribution is 5.88. The summed E-state index contributed by atoms with van der Waals surface area (Å²) in [4.78, 5) is 8.47. The summed E-state index contributed by atoms with van der Waals surface area (Å²) in [5.41, 5.74) is 6.62. The molecule has 0 unspecified atom stereocenters. The minimum Gasteiger partial charge on any atom is -0.508 e. The molecule has 1 heterocycles. The second-order valence-corrected chi connectivity index (χ2v) is 3.94. The van der Waals surface area contributed by atoms with Gasteiger partial charge in [0.25, 0.3) is 0 Å². The van der Waals surface area contributed by atoms with E-state index < -0.39 is 0 Å². The molecule has 0 atom stereocenters. The molecule has 0 aliphatic rings. The number of aliphatic hydroxyl groups is 1. The van der Waals surface area contributed by atoms with E-state index in [-0.39, 0.29) is 5.76 Å². The summed E-state index contributed by atoms with van der Waals surface area (Å²) >= 11 is 0. The number of rotatable bonds is 3. The summed E-state index contributed by atoms with van der Waals surface area (Å²) in [7, 11) is 0. The summed E-state index contributed by atoms with van der Waals surface area (Å²) in [6, 6.07) is 7.49. The Kier molecular flexibility index (Phi) is 3.93. The predicted molar refractivity (Wildman–Crippen MR) is 78.5 cm³/mol. The standard InChI is InChI=1S/C15H15N3O/c1-2-3-4-7-11(19)10-14-17-13-9-6-5-8-12(13)15(16)18-14/h2-10,19H,1H3,(H2,16,17,18)/b3-2-,7-4-,11-10-. The van der Waals surface area contributed by atoms with E-state index >= 15 is 0 Å². The van der Waals surface area contributed by atoms with Crippen molar-refractivity contribution in [2.75, 3.05) is 5.73 Å². The van der Waals surface area contributed by atoms with Crippen LogP contribution in [-0.2, 0) is 0 Å². The van der Waals surface area contributed by atoms with Gasteiger partial charge in [-0.3, -0.25) is 0 Å². The maximum Gasteiger partial charge on any atom is 0.158 e. The van der Waals surface area contributed by atoms with E-state index in [4.69, 9.17) is 5.73 Å². The lowest BCUT2D eigenvalue weighted by Crippen LogP contribution is -1.97. The van der Waals surface area contributed by atoms with Crippen LogP contribution in [0.3, 0.4) is 0 Å². The van der Waals surface area contributed by atoms with Gasteiger partial charge in [-0.2, -0.15) is 0 Å². The van der Waals surface area contributed by atoms with E-state index in [1.165, 1.54) is 6.08 Å². The molecule has 0 amide bonds. The molecule has 19 heavy (non-hydrogen) atoms. The van der Waals surface area contributed by atoms with Crippen LogP contribution in [0.5, 0.6) is 0 Å². The Labute approximate surface area is 111 Å². The first-order valence-electron chi connectivity index (χ1n) is 5.93. The maximum absolute atomic E-state index is 9.71. The van der Waals surface area contributed by atoms with Gasteiger partial charge in [0.1, 0.15) is 11.6 Å². The molecule has 1 aromatic heterocycles. The van der Waals surface area contributed by atoms with E-state index in [2.05, 4.69) is 9.97 Å². The lowest BCUT2D eigenvalue weighted by molar-refractivity contribution is 0.437. The smallest absolute Gasteiger partial charge is 0.158 e. The molecule has 0 spiro atoms. The number of hydrogen-bond donors (Lipinski definition) is 2. The summed E-state index contributed by atoms with van der Waals surface area (Å²) in [5, 5.41) is 10.5. The number of anilines is 1. The molecule has 4 heteroatoms. The number of aliphatic hydroxyl groups excluding tert-OH is 1. The summed E-state index contributed by atoms with van der Waals surface area (Å²) in [6.07, 6.45) is 8.46. The Hall–Kier alpha value is -2.62. The Morgan fingerprint density at radius 2 is 2.00 bits per heavy atom. The fraction of sp³-hybridized carbons (Fsp3) is 0.0667. The van der Waals surface area contributed by atoms with E-state index in [0.29, 0.717) is 11.6 Å². The Morgan fingerprint density at radius 1 is 1.21 bits per heavy atom. The van der Waals surface area contributed by atoms with E-state index in [1.807, 2.05) is 43.3 Å². The largest absolute Gasteiger partial charge is 0.508 e. The van der Waals surface area contributed by atoms with Gasteiger partial charge in [0, 0.05) is 11.5 Å². The van der Waals surface area contributed by atoms with Crippen molar-refractivity contribution in [2.24, 2.45) is 0 Å². The van der Waals surface area contributed by atoms with Gasteiger partial charge in [0.2, 0.25) is 0 Å². The van der Waals surface area contributed by atoms with Gasteiger partial charge in [-0.1, -0.05) is 30.4 Å². The normalized spacial score (nSPS) is 12.8. The molecule has 0 bridgehead atoms. The average Bonchev–Trinajstić information content (AvgIpc) is 2.39. The van der Waals surface area contributed by atoms with Crippen LogP contribution in [0.2, 0.25) is 0 Å². The molecule has 96 valence electrons. The molecule has 1 aromatic carbocycles. The van der Waals surface area contributed by atoms with Crippen molar-refractivity contribution in [3.8, 4) is 0 Å². The van der Waals surface area contributed by atoms with Crippen LogP contribution in [0.25, 0.3) is 17.0 Å². The van der Waals surface area contributed by atoms with Crippen molar-refractivity contribution in [1.82, 2.24) is 9.97 Å².